The van der Waals surface area contributed by atoms with Crippen LogP contribution in [0, 0.1) is 11.3 Å². The SMILES string of the molecule is CCNC(=NCC(C)(C)CN(C)C)NCCCOCC1CCOCC1. The topological polar surface area (TPSA) is 58.1 Å². The molecule has 1 rings (SSSR count). The molecule has 0 aromatic heterocycles. The summed E-state index contributed by atoms with van der Waals surface area (Å²) in [7, 11) is 4.21. The van der Waals surface area contributed by atoms with Crippen molar-refractivity contribution in [3.63, 3.8) is 0 Å². The van der Waals surface area contributed by atoms with Crippen LogP contribution in [-0.4, -0.2) is 77.6 Å². The number of guanidine groups is 1. The highest BCUT2D eigenvalue weighted by molar-refractivity contribution is 5.79. The van der Waals surface area contributed by atoms with Gasteiger partial charge in [0.1, 0.15) is 0 Å². The first-order valence-electron chi connectivity index (χ1n) is 9.75. The maximum Gasteiger partial charge on any atom is 0.191 e. The zero-order valence-corrected chi connectivity index (χ0v) is 17.1. The lowest BCUT2D eigenvalue weighted by Gasteiger charge is -2.26. The fourth-order valence-electron chi connectivity index (χ4n) is 3.08. The van der Waals surface area contributed by atoms with Crippen molar-refractivity contribution in [1.82, 2.24) is 15.5 Å². The van der Waals surface area contributed by atoms with Crippen molar-refractivity contribution in [1.29, 1.82) is 0 Å². The van der Waals surface area contributed by atoms with E-state index in [0.717, 1.165) is 77.8 Å². The van der Waals surface area contributed by atoms with Crippen LogP contribution in [0.25, 0.3) is 0 Å². The second kappa shape index (κ2) is 12.5. The highest BCUT2D eigenvalue weighted by Gasteiger charge is 2.18. The molecule has 0 spiro atoms. The molecule has 1 saturated heterocycles. The Kier molecular flexibility index (Phi) is 11.1. The van der Waals surface area contributed by atoms with Crippen molar-refractivity contribution in [2.75, 3.05) is 66.7 Å². The molecule has 0 unspecified atom stereocenters. The number of rotatable bonds is 11. The molecule has 25 heavy (non-hydrogen) atoms. The van der Waals surface area contributed by atoms with E-state index in [4.69, 9.17) is 14.5 Å². The smallest absolute Gasteiger partial charge is 0.191 e. The predicted molar refractivity (Wildman–Crippen MR) is 105 cm³/mol. The molecular formula is C19H40N4O2. The van der Waals surface area contributed by atoms with Gasteiger partial charge in [-0.05, 0) is 51.6 Å². The van der Waals surface area contributed by atoms with Crippen molar-refractivity contribution in [3.05, 3.63) is 0 Å². The zero-order chi connectivity index (χ0) is 18.5. The number of hydrogen-bond acceptors (Lipinski definition) is 4. The molecule has 148 valence electrons. The Morgan fingerprint density at radius 3 is 2.60 bits per heavy atom. The summed E-state index contributed by atoms with van der Waals surface area (Å²) in [6.07, 6.45) is 3.27. The van der Waals surface area contributed by atoms with E-state index in [2.05, 4.69) is 50.4 Å². The minimum absolute atomic E-state index is 0.165. The number of hydrogen-bond donors (Lipinski definition) is 2. The third-order valence-corrected chi connectivity index (χ3v) is 4.21. The average Bonchev–Trinajstić information content (AvgIpc) is 2.55. The fraction of sp³-hybridized carbons (Fsp3) is 0.947. The summed E-state index contributed by atoms with van der Waals surface area (Å²) in [4.78, 5) is 6.96. The van der Waals surface area contributed by atoms with Gasteiger partial charge in [0.25, 0.3) is 0 Å². The predicted octanol–water partition coefficient (Wildman–Crippen LogP) is 1.96. The van der Waals surface area contributed by atoms with Gasteiger partial charge in [0.05, 0.1) is 0 Å². The monoisotopic (exact) mass is 356 g/mol. The van der Waals surface area contributed by atoms with Gasteiger partial charge in [-0.2, -0.15) is 0 Å². The second-order valence-corrected chi connectivity index (χ2v) is 8.01. The third kappa shape index (κ3) is 11.4. The highest BCUT2D eigenvalue weighted by Crippen LogP contribution is 2.16. The Balaban J connectivity index is 2.19. The highest BCUT2D eigenvalue weighted by atomic mass is 16.5. The van der Waals surface area contributed by atoms with Gasteiger partial charge in [-0.15, -0.1) is 0 Å². The van der Waals surface area contributed by atoms with Crippen LogP contribution < -0.4 is 10.6 Å². The first-order valence-corrected chi connectivity index (χ1v) is 9.75. The van der Waals surface area contributed by atoms with Crippen LogP contribution in [0.5, 0.6) is 0 Å². The summed E-state index contributed by atoms with van der Waals surface area (Å²) < 4.78 is 11.2. The van der Waals surface area contributed by atoms with E-state index >= 15 is 0 Å². The van der Waals surface area contributed by atoms with E-state index in [1.807, 2.05) is 0 Å². The molecule has 0 aliphatic carbocycles. The fourth-order valence-corrected chi connectivity index (χ4v) is 3.08. The molecule has 1 heterocycles. The lowest BCUT2D eigenvalue weighted by Crippen LogP contribution is -2.39. The van der Waals surface area contributed by atoms with E-state index in [1.54, 1.807) is 0 Å². The minimum atomic E-state index is 0.165. The third-order valence-electron chi connectivity index (χ3n) is 4.21. The van der Waals surface area contributed by atoms with E-state index in [-0.39, 0.29) is 5.41 Å². The van der Waals surface area contributed by atoms with E-state index < -0.39 is 0 Å². The van der Waals surface area contributed by atoms with Gasteiger partial charge in [0, 0.05) is 52.6 Å². The lowest BCUT2D eigenvalue weighted by atomic mass is 9.93. The zero-order valence-electron chi connectivity index (χ0n) is 17.1. The van der Waals surface area contributed by atoms with Crippen molar-refractivity contribution in [3.8, 4) is 0 Å². The molecule has 0 radical (unpaired) electrons. The van der Waals surface area contributed by atoms with Gasteiger partial charge in [0.2, 0.25) is 0 Å². The number of nitrogens with one attached hydrogen (secondary N) is 2. The maximum atomic E-state index is 5.81. The molecule has 0 aromatic carbocycles. The normalized spacial score (nSPS) is 17.1. The van der Waals surface area contributed by atoms with Crippen molar-refractivity contribution >= 4 is 5.96 Å². The molecule has 0 saturated carbocycles. The van der Waals surface area contributed by atoms with Gasteiger partial charge in [-0.1, -0.05) is 13.8 Å². The number of nitrogens with zero attached hydrogens (tertiary/aromatic N) is 2. The van der Waals surface area contributed by atoms with Crippen LogP contribution in [0.2, 0.25) is 0 Å². The first kappa shape index (κ1) is 22.2. The number of ether oxygens (including phenoxy) is 2. The van der Waals surface area contributed by atoms with Crippen molar-refractivity contribution < 1.29 is 9.47 Å². The summed E-state index contributed by atoms with van der Waals surface area (Å²) in [5, 5.41) is 6.73. The van der Waals surface area contributed by atoms with Gasteiger partial charge in [0.15, 0.2) is 5.96 Å². The van der Waals surface area contributed by atoms with Crippen LogP contribution >= 0.6 is 0 Å². The summed E-state index contributed by atoms with van der Waals surface area (Å²) in [5.74, 6) is 1.58. The minimum Gasteiger partial charge on any atom is -0.381 e. The molecule has 1 aliphatic rings. The molecule has 0 amide bonds. The van der Waals surface area contributed by atoms with E-state index in [0.29, 0.717) is 5.92 Å². The second-order valence-electron chi connectivity index (χ2n) is 8.01. The van der Waals surface area contributed by atoms with Crippen molar-refractivity contribution in [2.24, 2.45) is 16.3 Å². The number of aliphatic imine (C=N–C) groups is 1. The van der Waals surface area contributed by atoms with Gasteiger partial charge < -0.3 is 25.0 Å². The van der Waals surface area contributed by atoms with Gasteiger partial charge >= 0.3 is 0 Å². The van der Waals surface area contributed by atoms with Crippen molar-refractivity contribution in [2.45, 2.75) is 40.0 Å². The van der Waals surface area contributed by atoms with Gasteiger partial charge in [-0.25, -0.2) is 0 Å². The summed E-state index contributed by atoms with van der Waals surface area (Å²) in [6, 6.07) is 0. The average molecular weight is 357 g/mol. The lowest BCUT2D eigenvalue weighted by molar-refractivity contribution is 0.0203. The van der Waals surface area contributed by atoms with E-state index in [1.165, 1.54) is 0 Å². The van der Waals surface area contributed by atoms with Crippen LogP contribution in [0.4, 0.5) is 0 Å². The van der Waals surface area contributed by atoms with Crippen LogP contribution in [0.15, 0.2) is 4.99 Å². The standard InChI is InChI=1S/C19H40N4O2/c1-6-20-18(22-15-19(2,3)16-23(4)5)21-10-7-11-25-14-17-8-12-24-13-9-17/h17H,6-16H2,1-5H3,(H2,20,21,22). The summed E-state index contributed by atoms with van der Waals surface area (Å²) in [5.41, 5.74) is 0.165. The van der Waals surface area contributed by atoms with Crippen LogP contribution in [0.3, 0.4) is 0 Å². The van der Waals surface area contributed by atoms with Crippen LogP contribution in [0.1, 0.15) is 40.0 Å². The Labute approximate surface area is 154 Å². The summed E-state index contributed by atoms with van der Waals surface area (Å²) in [6.45, 7) is 13.6. The quantitative estimate of drug-likeness (QED) is 0.337. The molecule has 6 nitrogen and oxygen atoms in total. The molecule has 0 bridgehead atoms. The Bertz CT molecular complexity index is 366. The molecule has 2 N–H and O–H groups in total. The Morgan fingerprint density at radius 2 is 1.96 bits per heavy atom. The maximum absolute atomic E-state index is 5.81. The van der Waals surface area contributed by atoms with E-state index in [9.17, 15) is 0 Å². The molecule has 0 atom stereocenters. The molecular weight excluding hydrogens is 316 g/mol. The molecule has 0 aromatic rings. The Hall–Kier alpha value is -0.850. The molecule has 1 fully saturated rings. The van der Waals surface area contributed by atoms with Crippen LogP contribution in [-0.2, 0) is 9.47 Å². The van der Waals surface area contributed by atoms with Gasteiger partial charge in [-0.3, -0.25) is 4.99 Å². The summed E-state index contributed by atoms with van der Waals surface area (Å²) >= 11 is 0. The first-order chi connectivity index (χ1) is 11.9. The Morgan fingerprint density at radius 1 is 1.24 bits per heavy atom. The molecule has 6 heteroatoms. The molecule has 1 aliphatic heterocycles. The largest absolute Gasteiger partial charge is 0.381 e.